The molecule has 0 saturated heterocycles. The Morgan fingerprint density at radius 1 is 1.42 bits per heavy atom. The van der Waals surface area contributed by atoms with Crippen molar-refractivity contribution in [2.75, 3.05) is 13.7 Å². The van der Waals surface area contributed by atoms with Crippen LogP contribution in [0.2, 0.25) is 0 Å². The van der Waals surface area contributed by atoms with Gasteiger partial charge in [0.25, 0.3) is 0 Å². The van der Waals surface area contributed by atoms with E-state index in [1.165, 1.54) is 6.33 Å². The SMILES string of the molecule is CCCNC(Cc1ccoc1)c1cc(OC)ncn1. The normalized spacial score (nSPS) is 12.3. The molecule has 0 spiro atoms. The summed E-state index contributed by atoms with van der Waals surface area (Å²) in [4.78, 5) is 8.37. The monoisotopic (exact) mass is 261 g/mol. The van der Waals surface area contributed by atoms with E-state index in [9.17, 15) is 0 Å². The molecule has 0 aromatic carbocycles. The van der Waals surface area contributed by atoms with Gasteiger partial charge in [-0.1, -0.05) is 6.92 Å². The molecule has 0 aliphatic rings. The van der Waals surface area contributed by atoms with Gasteiger partial charge >= 0.3 is 0 Å². The van der Waals surface area contributed by atoms with Crippen LogP contribution >= 0.6 is 0 Å². The van der Waals surface area contributed by atoms with Gasteiger partial charge in [-0.25, -0.2) is 9.97 Å². The number of ether oxygens (including phenoxy) is 1. The summed E-state index contributed by atoms with van der Waals surface area (Å²) >= 11 is 0. The van der Waals surface area contributed by atoms with Crippen LogP contribution in [-0.4, -0.2) is 23.6 Å². The second-order valence-corrected chi connectivity index (χ2v) is 4.33. The molecule has 5 nitrogen and oxygen atoms in total. The second-order valence-electron chi connectivity index (χ2n) is 4.33. The Balaban J connectivity index is 2.15. The number of nitrogens with zero attached hydrogens (tertiary/aromatic N) is 2. The molecule has 0 saturated carbocycles. The summed E-state index contributed by atoms with van der Waals surface area (Å²) in [6.45, 7) is 3.08. The Labute approximate surface area is 113 Å². The maximum absolute atomic E-state index is 5.15. The summed E-state index contributed by atoms with van der Waals surface area (Å²) in [5.41, 5.74) is 2.08. The first-order valence-corrected chi connectivity index (χ1v) is 6.44. The van der Waals surface area contributed by atoms with Crippen LogP contribution in [0, 0.1) is 0 Å². The minimum Gasteiger partial charge on any atom is -0.481 e. The standard InChI is InChI=1S/C14H19N3O2/c1-3-5-15-12(7-11-4-6-19-9-11)13-8-14(18-2)17-10-16-13/h4,6,8-10,12,15H,3,5,7H2,1-2H3. The average Bonchev–Trinajstić information content (AvgIpc) is 2.96. The highest BCUT2D eigenvalue weighted by Crippen LogP contribution is 2.19. The molecular formula is C14H19N3O2. The Bertz CT molecular complexity index is 485. The summed E-state index contributed by atoms with van der Waals surface area (Å²) in [5, 5.41) is 3.49. The van der Waals surface area contributed by atoms with E-state index in [2.05, 4.69) is 22.2 Å². The smallest absolute Gasteiger partial charge is 0.216 e. The highest BCUT2D eigenvalue weighted by atomic mass is 16.5. The van der Waals surface area contributed by atoms with E-state index < -0.39 is 0 Å². The van der Waals surface area contributed by atoms with E-state index in [1.54, 1.807) is 19.6 Å². The predicted molar refractivity (Wildman–Crippen MR) is 72.0 cm³/mol. The number of hydrogen-bond acceptors (Lipinski definition) is 5. The maximum Gasteiger partial charge on any atom is 0.216 e. The lowest BCUT2D eigenvalue weighted by molar-refractivity contribution is 0.393. The third-order valence-corrected chi connectivity index (χ3v) is 2.89. The maximum atomic E-state index is 5.15. The minimum absolute atomic E-state index is 0.134. The number of hydrogen-bond donors (Lipinski definition) is 1. The molecule has 0 aliphatic carbocycles. The Kier molecular flexibility index (Phi) is 4.92. The molecule has 1 atom stereocenters. The van der Waals surface area contributed by atoms with Crippen molar-refractivity contribution >= 4 is 0 Å². The molecule has 0 radical (unpaired) electrons. The van der Waals surface area contributed by atoms with Crippen LogP contribution in [0.4, 0.5) is 0 Å². The van der Waals surface area contributed by atoms with E-state index in [-0.39, 0.29) is 6.04 Å². The summed E-state index contributed by atoms with van der Waals surface area (Å²) < 4.78 is 10.3. The molecule has 102 valence electrons. The fourth-order valence-electron chi connectivity index (χ4n) is 1.90. The number of aromatic nitrogens is 2. The first kappa shape index (κ1) is 13.5. The molecular weight excluding hydrogens is 242 g/mol. The average molecular weight is 261 g/mol. The van der Waals surface area contributed by atoms with Crippen molar-refractivity contribution in [1.82, 2.24) is 15.3 Å². The van der Waals surface area contributed by atoms with Crippen LogP contribution in [-0.2, 0) is 6.42 Å². The van der Waals surface area contributed by atoms with Gasteiger partial charge in [-0.2, -0.15) is 0 Å². The molecule has 2 heterocycles. The predicted octanol–water partition coefficient (Wildman–Crippen LogP) is 2.36. The Morgan fingerprint density at radius 3 is 3.00 bits per heavy atom. The van der Waals surface area contributed by atoms with Crippen molar-refractivity contribution in [3.63, 3.8) is 0 Å². The number of furan rings is 1. The third-order valence-electron chi connectivity index (χ3n) is 2.89. The Morgan fingerprint density at radius 2 is 2.32 bits per heavy atom. The zero-order valence-electron chi connectivity index (χ0n) is 11.3. The molecule has 5 heteroatoms. The third kappa shape index (κ3) is 3.79. The first-order valence-electron chi connectivity index (χ1n) is 6.44. The summed E-state index contributed by atoms with van der Waals surface area (Å²) in [6.07, 6.45) is 6.89. The van der Waals surface area contributed by atoms with E-state index in [1.807, 2.05) is 12.1 Å². The van der Waals surface area contributed by atoms with Gasteiger partial charge in [-0.3, -0.25) is 0 Å². The molecule has 0 amide bonds. The van der Waals surface area contributed by atoms with Gasteiger partial charge in [0.15, 0.2) is 0 Å². The first-order chi connectivity index (χ1) is 9.33. The van der Waals surface area contributed by atoms with Crippen LogP contribution in [0.25, 0.3) is 0 Å². The lowest BCUT2D eigenvalue weighted by Crippen LogP contribution is -2.25. The quantitative estimate of drug-likeness (QED) is 0.829. The van der Waals surface area contributed by atoms with Crippen LogP contribution in [0.1, 0.15) is 30.6 Å². The molecule has 1 unspecified atom stereocenters. The van der Waals surface area contributed by atoms with Crippen molar-refractivity contribution in [3.05, 3.63) is 42.2 Å². The summed E-state index contributed by atoms with van der Waals surface area (Å²) in [6, 6.07) is 3.97. The van der Waals surface area contributed by atoms with Gasteiger partial charge in [-0.15, -0.1) is 0 Å². The van der Waals surface area contributed by atoms with E-state index in [0.29, 0.717) is 5.88 Å². The highest BCUT2D eigenvalue weighted by molar-refractivity contribution is 5.19. The lowest BCUT2D eigenvalue weighted by Gasteiger charge is -2.17. The van der Waals surface area contributed by atoms with Crippen LogP contribution in [0.15, 0.2) is 35.4 Å². The molecule has 0 fully saturated rings. The van der Waals surface area contributed by atoms with Gasteiger partial charge in [-0.05, 0) is 31.0 Å². The minimum atomic E-state index is 0.134. The van der Waals surface area contributed by atoms with E-state index in [0.717, 1.165) is 30.6 Å². The van der Waals surface area contributed by atoms with Gasteiger partial charge < -0.3 is 14.5 Å². The lowest BCUT2D eigenvalue weighted by atomic mass is 10.1. The number of nitrogens with one attached hydrogen (secondary N) is 1. The summed E-state index contributed by atoms with van der Waals surface area (Å²) in [7, 11) is 1.61. The van der Waals surface area contributed by atoms with E-state index in [4.69, 9.17) is 9.15 Å². The number of rotatable bonds is 7. The zero-order chi connectivity index (χ0) is 13.5. The van der Waals surface area contributed by atoms with E-state index >= 15 is 0 Å². The van der Waals surface area contributed by atoms with Gasteiger partial charge in [0.05, 0.1) is 31.4 Å². The fourth-order valence-corrected chi connectivity index (χ4v) is 1.90. The molecule has 2 aromatic rings. The number of methoxy groups -OCH3 is 1. The molecule has 2 rings (SSSR count). The molecule has 0 bridgehead atoms. The highest BCUT2D eigenvalue weighted by Gasteiger charge is 2.14. The van der Waals surface area contributed by atoms with Crippen molar-refractivity contribution in [1.29, 1.82) is 0 Å². The van der Waals surface area contributed by atoms with Crippen LogP contribution in [0.5, 0.6) is 5.88 Å². The van der Waals surface area contributed by atoms with Gasteiger partial charge in [0, 0.05) is 6.07 Å². The fraction of sp³-hybridized carbons (Fsp3) is 0.429. The van der Waals surface area contributed by atoms with Crippen molar-refractivity contribution in [2.45, 2.75) is 25.8 Å². The molecule has 19 heavy (non-hydrogen) atoms. The zero-order valence-corrected chi connectivity index (χ0v) is 11.3. The topological polar surface area (TPSA) is 60.2 Å². The molecule has 1 N–H and O–H groups in total. The molecule has 2 aromatic heterocycles. The van der Waals surface area contributed by atoms with Crippen molar-refractivity contribution in [3.8, 4) is 5.88 Å². The van der Waals surface area contributed by atoms with Gasteiger partial charge in [0.2, 0.25) is 5.88 Å². The van der Waals surface area contributed by atoms with Crippen molar-refractivity contribution in [2.24, 2.45) is 0 Å². The van der Waals surface area contributed by atoms with Crippen LogP contribution < -0.4 is 10.1 Å². The summed E-state index contributed by atoms with van der Waals surface area (Å²) in [5.74, 6) is 0.584. The van der Waals surface area contributed by atoms with Crippen LogP contribution in [0.3, 0.4) is 0 Å². The Hall–Kier alpha value is -1.88. The van der Waals surface area contributed by atoms with Gasteiger partial charge in [0.1, 0.15) is 6.33 Å². The second kappa shape index (κ2) is 6.89. The van der Waals surface area contributed by atoms with Crippen molar-refractivity contribution < 1.29 is 9.15 Å². The molecule has 0 aliphatic heterocycles. The largest absolute Gasteiger partial charge is 0.481 e.